The topological polar surface area (TPSA) is 106 Å². The van der Waals surface area contributed by atoms with Crippen LogP contribution in [0.3, 0.4) is 0 Å². The Morgan fingerprint density at radius 3 is 2.63 bits per heavy atom. The molecule has 1 amide bonds. The number of nitrogens with one attached hydrogen (secondary N) is 1. The molecular formula is C38H30F4N6O3S. The summed E-state index contributed by atoms with van der Waals surface area (Å²) >= 11 is 1.33. The lowest BCUT2D eigenvalue weighted by atomic mass is 9.93. The van der Waals surface area contributed by atoms with E-state index in [1.807, 2.05) is 11.0 Å². The first-order chi connectivity index (χ1) is 25.2. The van der Waals surface area contributed by atoms with Crippen LogP contribution in [0, 0.1) is 18.6 Å². The second-order valence-corrected chi connectivity index (χ2v) is 14.3. The molecule has 4 atom stereocenters. The lowest BCUT2D eigenvalue weighted by Crippen LogP contribution is -2.22. The SMILES string of the molecule is COc1c(F)ccc2c1[C@H](F)[C@@H](F)[C@@H]2Nc1nccc2cc(-c3c4c(nc(CCc5ccc(F)cc5)c3-c3nnc(C)o3)[C@@H]3CCCN3C4=O)sc12. The van der Waals surface area contributed by atoms with Crippen LogP contribution in [-0.2, 0) is 12.8 Å². The Hall–Kier alpha value is -5.37. The van der Waals surface area contributed by atoms with Gasteiger partial charge in [-0.2, -0.15) is 0 Å². The Balaban J connectivity index is 1.20. The van der Waals surface area contributed by atoms with Gasteiger partial charge in [-0.05, 0) is 72.5 Å². The van der Waals surface area contributed by atoms with E-state index in [0.717, 1.165) is 29.9 Å². The Labute approximate surface area is 298 Å². The van der Waals surface area contributed by atoms with E-state index in [-0.39, 0.29) is 40.5 Å². The molecule has 9 nitrogen and oxygen atoms in total. The summed E-state index contributed by atoms with van der Waals surface area (Å²) in [6.07, 6.45) is 0.0502. The van der Waals surface area contributed by atoms with E-state index in [1.165, 1.54) is 36.6 Å². The van der Waals surface area contributed by atoms with Gasteiger partial charge in [-0.3, -0.25) is 9.78 Å². The summed E-state index contributed by atoms with van der Waals surface area (Å²) < 4.78 is 71.0. The van der Waals surface area contributed by atoms with E-state index in [1.54, 1.807) is 31.3 Å². The van der Waals surface area contributed by atoms with Gasteiger partial charge in [-0.1, -0.05) is 18.2 Å². The molecule has 52 heavy (non-hydrogen) atoms. The van der Waals surface area contributed by atoms with Crippen LogP contribution in [0.25, 0.3) is 32.0 Å². The smallest absolute Gasteiger partial charge is 0.257 e. The molecule has 1 saturated heterocycles. The van der Waals surface area contributed by atoms with Crippen LogP contribution >= 0.6 is 11.3 Å². The Morgan fingerprint density at radius 1 is 1.04 bits per heavy atom. The highest BCUT2D eigenvalue weighted by molar-refractivity contribution is 7.23. The maximum Gasteiger partial charge on any atom is 0.257 e. The third-order valence-corrected chi connectivity index (χ3v) is 11.4. The molecule has 0 spiro atoms. The maximum absolute atomic E-state index is 15.7. The first-order valence-corrected chi connectivity index (χ1v) is 17.8. The van der Waals surface area contributed by atoms with E-state index < -0.39 is 24.2 Å². The molecule has 4 aromatic heterocycles. The quantitative estimate of drug-likeness (QED) is 0.156. The first kappa shape index (κ1) is 32.5. The van der Waals surface area contributed by atoms with Gasteiger partial charge in [0.05, 0.1) is 46.4 Å². The minimum Gasteiger partial charge on any atom is -0.493 e. The summed E-state index contributed by atoms with van der Waals surface area (Å²) in [7, 11) is 1.22. The maximum atomic E-state index is 15.7. The van der Waals surface area contributed by atoms with Crippen molar-refractivity contribution in [2.45, 2.75) is 57.0 Å². The number of thiophene rings is 1. The van der Waals surface area contributed by atoms with Gasteiger partial charge in [0.15, 0.2) is 23.9 Å². The van der Waals surface area contributed by atoms with Crippen LogP contribution in [-0.4, -0.2) is 50.8 Å². The van der Waals surface area contributed by atoms with E-state index in [9.17, 15) is 13.6 Å². The van der Waals surface area contributed by atoms with Crippen molar-refractivity contribution in [3.05, 3.63) is 106 Å². The number of hydrogen-bond acceptors (Lipinski definition) is 9. The summed E-state index contributed by atoms with van der Waals surface area (Å²) in [6.45, 7) is 2.30. The number of hydrogen-bond donors (Lipinski definition) is 1. The van der Waals surface area contributed by atoms with Crippen LogP contribution in [0.2, 0.25) is 0 Å². The van der Waals surface area contributed by atoms with Crippen molar-refractivity contribution in [2.24, 2.45) is 0 Å². The number of methoxy groups -OCH3 is 1. The number of alkyl halides is 2. The van der Waals surface area contributed by atoms with E-state index >= 15 is 8.78 Å². The molecule has 1 N–H and O–H groups in total. The molecule has 0 unspecified atom stereocenters. The monoisotopic (exact) mass is 726 g/mol. The molecule has 9 rings (SSSR count). The normalized spacial score (nSPS) is 20.4. The van der Waals surface area contributed by atoms with Gasteiger partial charge in [0, 0.05) is 35.7 Å². The van der Waals surface area contributed by atoms with Crippen molar-refractivity contribution in [3.8, 4) is 27.6 Å². The summed E-state index contributed by atoms with van der Waals surface area (Å²) in [5.41, 5.74) is 3.96. The molecule has 14 heteroatoms. The Morgan fingerprint density at radius 2 is 1.87 bits per heavy atom. The zero-order valence-electron chi connectivity index (χ0n) is 27.9. The average molecular weight is 727 g/mol. The highest BCUT2D eigenvalue weighted by atomic mass is 32.1. The third kappa shape index (κ3) is 5.06. The van der Waals surface area contributed by atoms with Crippen LogP contribution in [0.4, 0.5) is 23.4 Å². The minimum atomic E-state index is -2.11. The largest absolute Gasteiger partial charge is 0.493 e. The number of carbonyl (C=O) groups excluding carboxylic acids is 1. The molecule has 2 aliphatic heterocycles. The zero-order valence-corrected chi connectivity index (χ0v) is 28.7. The van der Waals surface area contributed by atoms with Gasteiger partial charge in [-0.25, -0.2) is 22.5 Å². The number of aromatic nitrogens is 4. The second-order valence-electron chi connectivity index (χ2n) is 13.2. The van der Waals surface area contributed by atoms with E-state index in [2.05, 4.69) is 20.5 Å². The number of rotatable bonds is 8. The van der Waals surface area contributed by atoms with Crippen molar-refractivity contribution in [2.75, 3.05) is 19.0 Å². The highest BCUT2D eigenvalue weighted by Gasteiger charge is 2.46. The molecule has 1 aliphatic carbocycles. The number of nitrogens with zero attached hydrogens (tertiary/aromatic N) is 5. The van der Waals surface area contributed by atoms with Crippen LogP contribution in [0.5, 0.6) is 5.75 Å². The summed E-state index contributed by atoms with van der Waals surface area (Å²) in [6, 6.07) is 11.2. The Bertz CT molecular complexity index is 2400. The molecule has 0 bridgehead atoms. The molecule has 3 aliphatic rings. The van der Waals surface area contributed by atoms with E-state index in [4.69, 9.17) is 14.1 Å². The summed E-state index contributed by atoms with van der Waals surface area (Å²) in [5, 5.41) is 12.3. The summed E-state index contributed by atoms with van der Waals surface area (Å²) in [4.78, 5) is 26.4. The zero-order chi connectivity index (χ0) is 35.8. The highest BCUT2D eigenvalue weighted by Crippen LogP contribution is 2.52. The average Bonchev–Trinajstić information content (AvgIpc) is 3.97. The molecule has 6 heterocycles. The van der Waals surface area contributed by atoms with Crippen molar-refractivity contribution in [1.82, 2.24) is 25.1 Å². The van der Waals surface area contributed by atoms with Crippen molar-refractivity contribution in [3.63, 3.8) is 0 Å². The molecule has 264 valence electrons. The Kier molecular flexibility index (Phi) is 7.75. The molecule has 1 fully saturated rings. The van der Waals surface area contributed by atoms with Crippen LogP contribution in [0.1, 0.15) is 75.4 Å². The van der Waals surface area contributed by atoms with Crippen LogP contribution < -0.4 is 10.1 Å². The molecule has 2 aromatic carbocycles. The predicted molar refractivity (Wildman–Crippen MR) is 186 cm³/mol. The number of benzene rings is 2. The number of aryl methyl sites for hydroxylation is 3. The molecule has 0 radical (unpaired) electrons. The van der Waals surface area contributed by atoms with E-state index in [0.29, 0.717) is 68.8 Å². The number of fused-ring (bicyclic) bond motifs is 5. The fourth-order valence-electron chi connectivity index (χ4n) is 7.87. The lowest BCUT2D eigenvalue weighted by molar-refractivity contribution is 0.0776. The lowest BCUT2D eigenvalue weighted by Gasteiger charge is -2.18. The fourth-order valence-corrected chi connectivity index (χ4v) is 9.03. The van der Waals surface area contributed by atoms with Gasteiger partial charge in [0.2, 0.25) is 11.8 Å². The first-order valence-electron chi connectivity index (χ1n) is 16.9. The molecular weight excluding hydrogens is 697 g/mol. The number of carbonyl (C=O) groups is 1. The van der Waals surface area contributed by atoms with Crippen molar-refractivity contribution >= 4 is 33.1 Å². The molecule has 0 saturated carbocycles. The van der Waals surface area contributed by atoms with Gasteiger partial charge in [0.1, 0.15) is 11.6 Å². The number of pyridine rings is 2. The predicted octanol–water partition coefficient (Wildman–Crippen LogP) is 8.59. The van der Waals surface area contributed by atoms with Gasteiger partial charge in [0.25, 0.3) is 5.91 Å². The number of amides is 1. The van der Waals surface area contributed by atoms with Crippen molar-refractivity contribution in [1.29, 1.82) is 0 Å². The third-order valence-electron chi connectivity index (χ3n) is 10.2. The van der Waals surface area contributed by atoms with Gasteiger partial charge < -0.3 is 19.4 Å². The van der Waals surface area contributed by atoms with Crippen molar-refractivity contribution < 1.29 is 31.5 Å². The fraction of sp³-hybridized carbons (Fsp3) is 0.289. The number of ether oxygens (including phenoxy) is 1. The van der Waals surface area contributed by atoms with Crippen LogP contribution in [0.15, 0.2) is 59.1 Å². The van der Waals surface area contributed by atoms with Gasteiger partial charge in [-0.15, -0.1) is 21.5 Å². The second kappa shape index (κ2) is 12.4. The standard InChI is InChI=1S/C38H30F4N6O3S/c1-17-46-47-37(51-17)27-23(12-7-18-5-8-20(39)9-6-18)44-33-24-4-3-15-48(24)38(49)29(33)28(27)25-16-19-13-14-43-36(35(19)52-25)45-32-21-10-11-22(40)34(50-2)26(21)30(41)31(32)42/h5-6,8-11,13-14,16,24,30-32H,3-4,7,12,15H2,1-2H3,(H,43,45)/t24-,30-,31+,32+/m0/s1. The number of halogens is 4. The molecule has 6 aromatic rings. The number of anilines is 1. The summed E-state index contributed by atoms with van der Waals surface area (Å²) in [5.74, 6) is -0.701. The van der Waals surface area contributed by atoms with Gasteiger partial charge >= 0.3 is 0 Å². The minimum absolute atomic E-state index is 0.130.